The lowest BCUT2D eigenvalue weighted by atomic mass is 10.2. The minimum Gasteiger partial charge on any atom is -0.228 e. The van der Waals surface area contributed by atoms with E-state index in [4.69, 9.17) is 0 Å². The molecule has 0 unspecified atom stereocenters. The second-order valence-corrected chi connectivity index (χ2v) is 8.77. The van der Waals surface area contributed by atoms with Crippen LogP contribution in [0.3, 0.4) is 0 Å². The van der Waals surface area contributed by atoms with E-state index in [-0.39, 0.29) is 16.5 Å². The van der Waals surface area contributed by atoms with E-state index in [0.29, 0.717) is 11.0 Å². The molecule has 0 saturated carbocycles. The highest BCUT2D eigenvalue weighted by Gasteiger charge is 2.23. The highest BCUT2D eigenvalue weighted by molar-refractivity contribution is 9.10. The maximum atomic E-state index is 13.3. The molecule has 0 atom stereocenters. The van der Waals surface area contributed by atoms with Crippen molar-refractivity contribution in [1.82, 2.24) is 8.96 Å². The summed E-state index contributed by atoms with van der Waals surface area (Å²) in [5.74, 6) is -0.0596. The normalized spacial score (nSPS) is 12.1. The van der Waals surface area contributed by atoms with Crippen LogP contribution in [0, 0.1) is 5.82 Å². The van der Waals surface area contributed by atoms with Crippen LogP contribution in [-0.2, 0) is 10.0 Å². The predicted octanol–water partition coefficient (Wildman–Crippen LogP) is 5.35. The molecule has 0 spiro atoms. The quantitative estimate of drug-likeness (QED) is 0.416. The van der Waals surface area contributed by atoms with Crippen molar-refractivity contribution in [2.75, 3.05) is 0 Å². The molecule has 0 bridgehead atoms. The Labute approximate surface area is 170 Å². The Morgan fingerprint density at radius 3 is 2.29 bits per heavy atom. The highest BCUT2D eigenvalue weighted by Crippen LogP contribution is 2.25. The van der Waals surface area contributed by atoms with Crippen LogP contribution in [0.15, 0.2) is 82.2 Å². The van der Waals surface area contributed by atoms with Crippen molar-refractivity contribution in [3.63, 3.8) is 0 Å². The molecule has 0 fully saturated rings. The maximum absolute atomic E-state index is 13.3. The second-order valence-electron chi connectivity index (χ2n) is 6.07. The monoisotopic (exact) mass is 456 g/mol. The standard InChI is InChI=1S/C21H14BrFN2O2S/c22-16-8-12-18(13-9-16)28(26,27)25-20-4-2-1-3-19(20)24-21(25)14-7-15-5-10-17(23)11-6-15/h1-14H. The van der Waals surface area contributed by atoms with Crippen LogP contribution in [0.4, 0.5) is 4.39 Å². The fourth-order valence-corrected chi connectivity index (χ4v) is 4.55. The van der Waals surface area contributed by atoms with E-state index in [2.05, 4.69) is 20.9 Å². The van der Waals surface area contributed by atoms with Crippen LogP contribution < -0.4 is 0 Å². The van der Waals surface area contributed by atoms with E-state index >= 15 is 0 Å². The Balaban J connectivity index is 1.88. The van der Waals surface area contributed by atoms with Crippen LogP contribution in [0.25, 0.3) is 23.2 Å². The molecule has 1 aromatic heterocycles. The molecule has 4 aromatic rings. The first-order chi connectivity index (χ1) is 13.4. The lowest BCUT2D eigenvalue weighted by Crippen LogP contribution is -2.14. The minimum atomic E-state index is -3.86. The third kappa shape index (κ3) is 3.50. The molecule has 0 aliphatic rings. The number of halogens is 2. The average Bonchev–Trinajstić information content (AvgIpc) is 3.07. The third-order valence-corrected chi connectivity index (χ3v) is 6.45. The van der Waals surface area contributed by atoms with Crippen molar-refractivity contribution < 1.29 is 12.8 Å². The van der Waals surface area contributed by atoms with E-state index in [9.17, 15) is 12.8 Å². The summed E-state index contributed by atoms with van der Waals surface area (Å²) in [5, 5.41) is 0. The fraction of sp³-hybridized carbons (Fsp3) is 0. The van der Waals surface area contributed by atoms with E-state index in [1.165, 1.54) is 16.1 Å². The van der Waals surface area contributed by atoms with Gasteiger partial charge in [-0.05, 0) is 60.2 Å². The van der Waals surface area contributed by atoms with Gasteiger partial charge in [-0.25, -0.2) is 21.8 Å². The van der Waals surface area contributed by atoms with Gasteiger partial charge in [-0.15, -0.1) is 0 Å². The van der Waals surface area contributed by atoms with E-state index < -0.39 is 10.0 Å². The van der Waals surface area contributed by atoms with Gasteiger partial charge in [-0.3, -0.25) is 0 Å². The molecule has 4 rings (SSSR count). The van der Waals surface area contributed by atoms with Crippen molar-refractivity contribution in [1.29, 1.82) is 0 Å². The molecule has 0 radical (unpaired) electrons. The molecular weight excluding hydrogens is 443 g/mol. The molecule has 3 aromatic carbocycles. The lowest BCUT2D eigenvalue weighted by Gasteiger charge is -2.09. The summed E-state index contributed by atoms with van der Waals surface area (Å²) in [7, 11) is -3.86. The molecule has 0 aliphatic heterocycles. The topological polar surface area (TPSA) is 52.0 Å². The summed E-state index contributed by atoms with van der Waals surface area (Å²) >= 11 is 3.32. The first-order valence-electron chi connectivity index (χ1n) is 8.37. The number of hydrogen-bond donors (Lipinski definition) is 0. The summed E-state index contributed by atoms with van der Waals surface area (Å²) < 4.78 is 41.8. The van der Waals surface area contributed by atoms with Gasteiger partial charge in [0.05, 0.1) is 15.9 Å². The van der Waals surface area contributed by atoms with E-state index in [1.807, 2.05) is 0 Å². The number of hydrogen-bond acceptors (Lipinski definition) is 3. The van der Waals surface area contributed by atoms with Crippen molar-refractivity contribution in [2.45, 2.75) is 4.90 Å². The molecular formula is C21H14BrFN2O2S. The predicted molar refractivity (Wildman–Crippen MR) is 112 cm³/mol. The van der Waals surface area contributed by atoms with Crippen LogP contribution in [-0.4, -0.2) is 17.4 Å². The van der Waals surface area contributed by atoms with Gasteiger partial charge in [-0.1, -0.05) is 46.3 Å². The first-order valence-corrected chi connectivity index (χ1v) is 10.6. The third-order valence-electron chi connectivity index (χ3n) is 4.19. The summed E-state index contributed by atoms with van der Waals surface area (Å²) in [6, 6.07) is 19.4. The Morgan fingerprint density at radius 1 is 0.893 bits per heavy atom. The van der Waals surface area contributed by atoms with Crippen LogP contribution >= 0.6 is 15.9 Å². The Bertz CT molecular complexity index is 1280. The number of aromatic nitrogens is 2. The van der Waals surface area contributed by atoms with Gasteiger partial charge in [0.15, 0.2) is 0 Å². The molecule has 0 saturated heterocycles. The molecule has 4 nitrogen and oxygen atoms in total. The minimum absolute atomic E-state index is 0.162. The van der Waals surface area contributed by atoms with Gasteiger partial charge in [0.1, 0.15) is 11.6 Å². The molecule has 0 aliphatic carbocycles. The van der Waals surface area contributed by atoms with E-state index in [1.54, 1.807) is 72.8 Å². The number of fused-ring (bicyclic) bond motifs is 1. The van der Waals surface area contributed by atoms with Crippen molar-refractivity contribution in [3.05, 3.63) is 94.5 Å². The summed E-state index contributed by atoms with van der Waals surface area (Å²) in [5.41, 5.74) is 1.80. The molecule has 7 heteroatoms. The average molecular weight is 457 g/mol. The fourth-order valence-electron chi connectivity index (χ4n) is 2.84. The Hall–Kier alpha value is -2.77. The molecule has 140 valence electrons. The summed E-state index contributed by atoms with van der Waals surface area (Å²) in [6.07, 6.45) is 3.32. The van der Waals surface area contributed by atoms with Gasteiger partial charge in [-0.2, -0.15) is 0 Å². The molecule has 28 heavy (non-hydrogen) atoms. The lowest BCUT2D eigenvalue weighted by molar-refractivity contribution is 0.588. The number of nitrogens with zero attached hydrogens (tertiary/aromatic N) is 2. The van der Waals surface area contributed by atoms with Gasteiger partial charge in [0.2, 0.25) is 0 Å². The van der Waals surface area contributed by atoms with Gasteiger partial charge in [0, 0.05) is 4.47 Å². The Morgan fingerprint density at radius 2 is 1.57 bits per heavy atom. The van der Waals surface area contributed by atoms with E-state index in [0.717, 1.165) is 10.0 Å². The van der Waals surface area contributed by atoms with Crippen LogP contribution in [0.5, 0.6) is 0 Å². The number of rotatable bonds is 4. The van der Waals surface area contributed by atoms with Crippen molar-refractivity contribution >= 4 is 49.1 Å². The molecule has 0 N–H and O–H groups in total. The summed E-state index contributed by atoms with van der Waals surface area (Å²) in [4.78, 5) is 4.63. The largest absolute Gasteiger partial charge is 0.269 e. The number of imidazole rings is 1. The van der Waals surface area contributed by atoms with Gasteiger partial charge in [0.25, 0.3) is 10.0 Å². The van der Waals surface area contributed by atoms with Crippen molar-refractivity contribution in [2.24, 2.45) is 0 Å². The molecule has 0 amide bonds. The Kier molecular flexibility index (Phi) is 4.87. The van der Waals surface area contributed by atoms with Gasteiger partial charge < -0.3 is 0 Å². The SMILES string of the molecule is O=S(=O)(c1ccc(Br)cc1)n1c(C=Cc2ccc(F)cc2)nc2ccccc21. The van der Waals surface area contributed by atoms with Crippen LogP contribution in [0.2, 0.25) is 0 Å². The molecule has 1 heterocycles. The number of benzene rings is 3. The smallest absolute Gasteiger partial charge is 0.228 e. The van der Waals surface area contributed by atoms with Crippen LogP contribution in [0.1, 0.15) is 11.4 Å². The zero-order valence-corrected chi connectivity index (χ0v) is 16.9. The highest BCUT2D eigenvalue weighted by atomic mass is 79.9. The zero-order valence-electron chi connectivity index (χ0n) is 14.5. The first kappa shape index (κ1) is 18.6. The zero-order chi connectivity index (χ0) is 19.7. The second kappa shape index (κ2) is 7.33. The van der Waals surface area contributed by atoms with Crippen molar-refractivity contribution in [3.8, 4) is 0 Å². The van der Waals surface area contributed by atoms with Gasteiger partial charge >= 0.3 is 0 Å². The number of para-hydroxylation sites is 2. The summed E-state index contributed by atoms with van der Waals surface area (Å²) in [6.45, 7) is 0. The maximum Gasteiger partial charge on any atom is 0.269 e.